The van der Waals surface area contributed by atoms with Crippen LogP contribution in [0.4, 0.5) is 18.9 Å². The van der Waals surface area contributed by atoms with Crippen LogP contribution in [-0.2, 0) is 6.18 Å². The molecule has 0 bridgehead atoms. The largest absolute Gasteiger partial charge is 0.478 e. The number of carboxylic acids is 1. The van der Waals surface area contributed by atoms with E-state index in [1.165, 1.54) is 16.4 Å². The summed E-state index contributed by atoms with van der Waals surface area (Å²) in [5.74, 6) is -1.63. The van der Waals surface area contributed by atoms with E-state index in [4.69, 9.17) is 17.3 Å². The van der Waals surface area contributed by atoms with Gasteiger partial charge in [0.25, 0.3) is 0 Å². The third kappa shape index (κ3) is 5.80. The molecule has 0 saturated carbocycles. The molecule has 0 heterocycles. The minimum Gasteiger partial charge on any atom is -0.478 e. The molecule has 3 nitrogen and oxygen atoms in total. The second kappa shape index (κ2) is 8.28. The number of hydrogen-bond acceptors (Lipinski definition) is 2. The van der Waals surface area contributed by atoms with Crippen molar-refractivity contribution in [2.75, 3.05) is 5.32 Å². The van der Waals surface area contributed by atoms with Crippen molar-refractivity contribution in [3.63, 3.8) is 0 Å². The van der Waals surface area contributed by atoms with Crippen LogP contribution in [0, 0.1) is 0 Å². The van der Waals surface area contributed by atoms with E-state index in [1.807, 2.05) is 12.1 Å². The average Bonchev–Trinajstić information content (AvgIpc) is 2.58. The van der Waals surface area contributed by atoms with Crippen molar-refractivity contribution < 1.29 is 23.1 Å². The highest BCUT2D eigenvalue weighted by molar-refractivity contribution is 7.81. The number of anilines is 1. The maximum Gasteiger partial charge on any atom is 0.417 e. The smallest absolute Gasteiger partial charge is 0.417 e. The van der Waals surface area contributed by atoms with Gasteiger partial charge in [0.15, 0.2) is 0 Å². The van der Waals surface area contributed by atoms with Crippen molar-refractivity contribution in [1.29, 1.82) is 0 Å². The Kier molecular flexibility index (Phi) is 6.70. The lowest BCUT2D eigenvalue weighted by atomic mass is 10.1. The molecule has 30 heavy (non-hydrogen) atoms. The van der Waals surface area contributed by atoms with Gasteiger partial charge in [0.1, 0.15) is 4.99 Å². The number of aromatic carboxylic acids is 1. The van der Waals surface area contributed by atoms with Gasteiger partial charge in [-0.3, -0.25) is 0 Å². The summed E-state index contributed by atoms with van der Waals surface area (Å²) in [5.41, 5.74) is -1.13. The minimum atomic E-state index is -4.78. The Morgan fingerprint density at radius 3 is 1.83 bits per heavy atom. The van der Waals surface area contributed by atoms with Crippen LogP contribution in [-0.4, -0.2) is 32.2 Å². The Hall–Kier alpha value is -1.98. The van der Waals surface area contributed by atoms with Crippen LogP contribution in [0.1, 0.15) is 21.5 Å². The molecule has 162 valence electrons. The van der Waals surface area contributed by atoms with E-state index in [0.29, 0.717) is 4.99 Å². The Morgan fingerprint density at radius 2 is 1.43 bits per heavy atom. The molecule has 0 aliphatic heterocycles. The summed E-state index contributed by atoms with van der Waals surface area (Å²) >= 11 is 5.51. The van der Waals surface area contributed by atoms with Crippen molar-refractivity contribution in [2.24, 2.45) is 0 Å². The first-order chi connectivity index (χ1) is 13.5. The first-order valence-corrected chi connectivity index (χ1v) is 16.8. The van der Waals surface area contributed by atoms with Crippen LogP contribution >= 0.6 is 12.2 Å². The van der Waals surface area contributed by atoms with E-state index in [9.17, 15) is 18.0 Å². The normalized spacial score (nSPS) is 12.6. The van der Waals surface area contributed by atoms with Crippen LogP contribution in [0.25, 0.3) is 0 Å². The van der Waals surface area contributed by atoms with Crippen molar-refractivity contribution in [3.8, 4) is 0 Å². The predicted octanol–water partition coefficient (Wildman–Crippen LogP) is 5.28. The Bertz CT molecular complexity index is 961. The van der Waals surface area contributed by atoms with Crippen LogP contribution < -0.4 is 15.7 Å². The molecule has 0 aliphatic carbocycles. The minimum absolute atomic E-state index is 0.102. The lowest BCUT2D eigenvalue weighted by Gasteiger charge is -2.24. The molecule has 2 aromatic carbocycles. The number of hydrogen-bond donors (Lipinski definition) is 2. The fourth-order valence-corrected chi connectivity index (χ4v) is 5.61. The molecular weight excluding hydrogens is 443 g/mol. The molecular formula is C21H26F3NO2SSi2. The van der Waals surface area contributed by atoms with Gasteiger partial charge in [-0.05, 0) is 18.2 Å². The number of rotatable bonds is 5. The quantitative estimate of drug-likeness (QED) is 0.462. The maximum atomic E-state index is 13.3. The highest BCUT2D eigenvalue weighted by Gasteiger charge is 2.35. The molecule has 2 rings (SSSR count). The molecule has 0 radical (unpaired) electrons. The fourth-order valence-electron chi connectivity index (χ4n) is 2.87. The van der Waals surface area contributed by atoms with Gasteiger partial charge in [0.2, 0.25) is 0 Å². The molecule has 0 spiro atoms. The number of alkyl halides is 3. The molecule has 0 atom stereocenters. The summed E-state index contributed by atoms with van der Waals surface area (Å²) in [6, 6.07) is 9.31. The van der Waals surface area contributed by atoms with E-state index >= 15 is 0 Å². The summed E-state index contributed by atoms with van der Waals surface area (Å²) in [6.07, 6.45) is -4.78. The van der Waals surface area contributed by atoms with Gasteiger partial charge in [-0.25, -0.2) is 4.79 Å². The molecule has 0 amide bonds. The Balaban J connectivity index is 2.49. The van der Waals surface area contributed by atoms with E-state index in [2.05, 4.69) is 50.7 Å². The fraction of sp³-hybridized carbons (Fsp3) is 0.333. The highest BCUT2D eigenvalue weighted by atomic mass is 32.1. The summed E-state index contributed by atoms with van der Waals surface area (Å²) in [6.45, 7) is 13.4. The van der Waals surface area contributed by atoms with Gasteiger partial charge in [0, 0.05) is 11.3 Å². The standard InChI is InChI=1S/C21H26F3NO2SSi2/c1-29(2,3)15-9-13(10-16(12-15)30(4,5)6)19(28)25-14-7-8-17(20(26)27)18(11-14)21(22,23)24/h7-12H,1-6H3,(H,25,28)(H,26,27). The second-order valence-corrected chi connectivity index (χ2v) is 19.9. The Morgan fingerprint density at radius 1 is 0.933 bits per heavy atom. The Labute approximate surface area is 182 Å². The zero-order valence-electron chi connectivity index (χ0n) is 17.9. The van der Waals surface area contributed by atoms with Gasteiger partial charge in [-0.15, -0.1) is 0 Å². The number of benzene rings is 2. The molecule has 0 unspecified atom stereocenters. The lowest BCUT2D eigenvalue weighted by Crippen LogP contribution is -2.45. The number of halogens is 3. The predicted molar refractivity (Wildman–Crippen MR) is 126 cm³/mol. The van der Waals surface area contributed by atoms with Crippen LogP contribution in [0.2, 0.25) is 39.3 Å². The van der Waals surface area contributed by atoms with E-state index < -0.39 is 39.4 Å². The second-order valence-electron chi connectivity index (χ2n) is 9.32. The molecule has 0 saturated heterocycles. The van der Waals surface area contributed by atoms with Crippen LogP contribution in [0.15, 0.2) is 36.4 Å². The highest BCUT2D eigenvalue weighted by Crippen LogP contribution is 2.34. The summed E-state index contributed by atoms with van der Waals surface area (Å²) < 4.78 is 39.9. The molecule has 2 aromatic rings. The lowest BCUT2D eigenvalue weighted by molar-refractivity contribution is -0.138. The zero-order valence-corrected chi connectivity index (χ0v) is 20.7. The van der Waals surface area contributed by atoms with Crippen molar-refractivity contribution in [3.05, 3.63) is 53.1 Å². The first kappa shape index (κ1) is 24.3. The van der Waals surface area contributed by atoms with Crippen molar-refractivity contribution in [2.45, 2.75) is 45.5 Å². The number of carbonyl (C=O) groups is 1. The molecule has 2 N–H and O–H groups in total. The van der Waals surface area contributed by atoms with Gasteiger partial charge in [-0.2, -0.15) is 13.2 Å². The summed E-state index contributed by atoms with van der Waals surface area (Å²) in [5, 5.41) is 14.4. The van der Waals surface area contributed by atoms with Gasteiger partial charge in [-0.1, -0.05) is 80.1 Å². The van der Waals surface area contributed by atoms with Crippen molar-refractivity contribution in [1.82, 2.24) is 0 Å². The zero-order chi connectivity index (χ0) is 23.1. The molecule has 0 fully saturated rings. The first-order valence-electron chi connectivity index (χ1n) is 9.42. The van der Waals surface area contributed by atoms with Gasteiger partial charge < -0.3 is 10.4 Å². The SMILES string of the molecule is C[Si](C)(C)c1cc(C(=S)Nc2ccc(C(=O)O)c(C(F)(F)F)c2)cc([Si](C)(C)C)c1. The van der Waals surface area contributed by atoms with E-state index in [1.54, 1.807) is 0 Å². The monoisotopic (exact) mass is 469 g/mol. The van der Waals surface area contributed by atoms with E-state index in [-0.39, 0.29) is 5.69 Å². The number of thiocarbonyl (C=S) groups is 1. The summed E-state index contributed by atoms with van der Waals surface area (Å²) in [4.78, 5) is 11.5. The molecule has 0 aromatic heterocycles. The maximum absolute atomic E-state index is 13.3. The van der Waals surface area contributed by atoms with E-state index in [0.717, 1.165) is 17.7 Å². The van der Waals surface area contributed by atoms with Crippen LogP contribution in [0.5, 0.6) is 0 Å². The number of nitrogens with one attached hydrogen (secondary N) is 1. The van der Waals surface area contributed by atoms with Gasteiger partial charge >= 0.3 is 12.1 Å². The topological polar surface area (TPSA) is 49.3 Å². The average molecular weight is 470 g/mol. The molecule has 9 heteroatoms. The van der Waals surface area contributed by atoms with Gasteiger partial charge in [0.05, 0.1) is 27.3 Å². The molecule has 0 aliphatic rings. The number of carboxylic acid groups (broad SMARTS) is 1. The third-order valence-electron chi connectivity index (χ3n) is 4.74. The third-order valence-corrected chi connectivity index (χ3v) is 9.12. The van der Waals surface area contributed by atoms with Crippen molar-refractivity contribution >= 4 is 55.4 Å². The van der Waals surface area contributed by atoms with Crippen LogP contribution in [0.3, 0.4) is 0 Å². The summed E-state index contributed by atoms with van der Waals surface area (Å²) in [7, 11) is -3.29.